The van der Waals surface area contributed by atoms with Crippen molar-refractivity contribution in [2.45, 2.75) is 27.7 Å². The first-order valence-electron chi connectivity index (χ1n) is 4.32. The number of carboxylic acid groups (broad SMARTS) is 1. The van der Waals surface area contributed by atoms with E-state index in [1.165, 1.54) is 7.11 Å². The molecule has 0 saturated heterocycles. The Bertz CT molecular complexity index is 280. The standard InChI is InChI=1S/C8H12N2O4.2CH4.2F2.FH.Y/c1-14-8(13)3-5-10-6-9-4-2-7(11)12;;;2*1-2;;/h2-5H2,1H3,(H,11,12);2*1H4;;;1H;. The Morgan fingerprint density at radius 2 is 1.41 bits per heavy atom. The molecule has 22 heavy (non-hydrogen) atoms. The largest absolute Gasteiger partial charge is 0.481 e. The maximum Gasteiger partial charge on any atom is 0.307 e. The Kier molecular flexibility index (Phi) is 83.3. The first-order chi connectivity index (χ1) is 8.66. The minimum atomic E-state index is -0.912. The van der Waals surface area contributed by atoms with Crippen molar-refractivity contribution in [3.63, 3.8) is 0 Å². The van der Waals surface area contributed by atoms with E-state index in [0.717, 1.165) is 0 Å². The summed E-state index contributed by atoms with van der Waals surface area (Å²) in [6.07, 6.45) is 0.136. The molecular formula is C10H21F5N2O4Y. The van der Waals surface area contributed by atoms with E-state index in [9.17, 15) is 9.59 Å². The summed E-state index contributed by atoms with van der Waals surface area (Å²) in [6, 6.07) is 2.30. The molecule has 0 saturated carbocycles. The van der Waals surface area contributed by atoms with Crippen molar-refractivity contribution in [3.05, 3.63) is 0 Å². The van der Waals surface area contributed by atoms with E-state index in [2.05, 4.69) is 20.7 Å². The smallest absolute Gasteiger partial charge is 0.307 e. The van der Waals surface area contributed by atoms with Crippen LogP contribution in [0.1, 0.15) is 27.7 Å². The van der Waals surface area contributed by atoms with Crippen LogP contribution in [0.2, 0.25) is 0 Å². The molecule has 0 rings (SSSR count). The Hall–Kier alpha value is -0.926. The number of carbonyl (C=O) groups is 2. The molecule has 1 N–H and O–H groups in total. The zero-order chi connectivity index (χ0) is 14.8. The Labute approximate surface area is 151 Å². The fourth-order valence-corrected chi connectivity index (χ4v) is 0.551. The maximum atomic E-state index is 10.6. The summed E-state index contributed by atoms with van der Waals surface area (Å²) >= 11 is 0. The molecule has 0 spiro atoms. The summed E-state index contributed by atoms with van der Waals surface area (Å²) in [7, 11) is 1.30. The van der Waals surface area contributed by atoms with E-state index in [1.807, 2.05) is 0 Å². The van der Waals surface area contributed by atoms with Gasteiger partial charge in [-0.2, -0.15) is 0 Å². The second-order valence-corrected chi connectivity index (χ2v) is 2.33. The molecule has 0 atom stereocenters. The summed E-state index contributed by atoms with van der Waals surface area (Å²) in [6.45, 7) is 0.403. The predicted octanol–water partition coefficient (Wildman–Crippen LogP) is 3.30. The molecule has 133 valence electrons. The Morgan fingerprint density at radius 3 is 1.73 bits per heavy atom. The van der Waals surface area contributed by atoms with E-state index in [0.29, 0.717) is 0 Å². The summed E-state index contributed by atoms with van der Waals surface area (Å²) in [5, 5.41) is 8.24. The number of hydrogen-bond acceptors (Lipinski definition) is 5. The van der Waals surface area contributed by atoms with Crippen molar-refractivity contribution in [2.75, 3.05) is 20.2 Å². The number of carbonyl (C=O) groups excluding carboxylic acids is 1. The summed E-state index contributed by atoms with van der Waals surface area (Å²) < 4.78 is 36.4. The first-order valence-corrected chi connectivity index (χ1v) is 4.32. The number of ether oxygens (including phenoxy) is 1. The molecule has 0 heterocycles. The van der Waals surface area contributed by atoms with Gasteiger partial charge in [0.25, 0.3) is 0 Å². The quantitative estimate of drug-likeness (QED) is 0.408. The molecular weight excluding hydrogens is 396 g/mol. The van der Waals surface area contributed by atoms with Gasteiger partial charge in [-0.15, -0.1) is 0 Å². The number of aliphatic carboxylic acids is 1. The number of methoxy groups -OCH3 is 1. The minimum Gasteiger partial charge on any atom is -0.481 e. The zero-order valence-electron chi connectivity index (χ0n) is 10.4. The molecule has 0 aliphatic carbocycles. The molecule has 0 aliphatic heterocycles. The minimum absolute atomic E-state index is 0. The van der Waals surface area contributed by atoms with Gasteiger partial charge < -0.3 is 9.84 Å². The first kappa shape index (κ1) is 42.9. The van der Waals surface area contributed by atoms with Crippen LogP contribution in [0.25, 0.3) is 0 Å². The van der Waals surface area contributed by atoms with Crippen LogP contribution in [0.15, 0.2) is 9.98 Å². The van der Waals surface area contributed by atoms with Crippen LogP contribution in [0.4, 0.5) is 23.0 Å². The summed E-state index contributed by atoms with van der Waals surface area (Å²) in [5.74, 6) is -1.26. The fraction of sp³-hybridized carbons (Fsp3) is 0.700. The summed E-state index contributed by atoms with van der Waals surface area (Å²) in [5.41, 5.74) is 0. The van der Waals surface area contributed by atoms with Crippen molar-refractivity contribution in [1.82, 2.24) is 0 Å². The van der Waals surface area contributed by atoms with Gasteiger partial charge in [0, 0.05) is 51.0 Å². The van der Waals surface area contributed by atoms with Crippen LogP contribution in [-0.4, -0.2) is 43.3 Å². The van der Waals surface area contributed by atoms with E-state index in [4.69, 9.17) is 23.4 Å². The number of rotatable bonds is 6. The molecule has 0 aromatic heterocycles. The topological polar surface area (TPSA) is 88.3 Å². The fourth-order valence-electron chi connectivity index (χ4n) is 0.551. The third kappa shape index (κ3) is 50.8. The molecule has 0 bridgehead atoms. The molecule has 1 radical (unpaired) electrons. The van der Waals surface area contributed by atoms with Gasteiger partial charge in [0.2, 0.25) is 0 Å². The average Bonchev–Trinajstić information content (AvgIpc) is 2.41. The van der Waals surface area contributed by atoms with Gasteiger partial charge in [-0.1, -0.05) is 14.9 Å². The van der Waals surface area contributed by atoms with E-state index in [1.54, 1.807) is 0 Å². The van der Waals surface area contributed by atoms with Crippen LogP contribution < -0.4 is 0 Å². The number of halogens is 5. The van der Waals surface area contributed by atoms with Crippen molar-refractivity contribution < 1.29 is 75.1 Å². The molecule has 0 amide bonds. The molecule has 0 unspecified atom stereocenters. The van der Waals surface area contributed by atoms with Crippen molar-refractivity contribution in [1.29, 1.82) is 0 Å². The number of carboxylic acids is 1. The monoisotopic (exact) mass is 417 g/mol. The van der Waals surface area contributed by atoms with Crippen LogP contribution in [0.5, 0.6) is 0 Å². The maximum absolute atomic E-state index is 10.6. The van der Waals surface area contributed by atoms with Crippen LogP contribution in [0.3, 0.4) is 0 Å². The van der Waals surface area contributed by atoms with Crippen molar-refractivity contribution >= 4 is 17.9 Å². The van der Waals surface area contributed by atoms with E-state index < -0.39 is 5.97 Å². The Morgan fingerprint density at radius 1 is 1.05 bits per heavy atom. The van der Waals surface area contributed by atoms with Crippen LogP contribution in [-0.2, 0) is 47.0 Å². The molecule has 12 heteroatoms. The third-order valence-corrected chi connectivity index (χ3v) is 1.23. The van der Waals surface area contributed by atoms with Gasteiger partial charge in [-0.3, -0.25) is 14.3 Å². The SMILES string of the molecule is C.C.COC(=O)CCN=C=NCCC(=O)O.F.FF.FF.[Y]. The molecule has 6 nitrogen and oxygen atoms in total. The van der Waals surface area contributed by atoms with Gasteiger partial charge in [0.05, 0.1) is 39.0 Å². The number of esters is 1. The number of nitrogens with zero attached hydrogens (tertiary/aromatic N) is 2. The Balaban J connectivity index is -0.0000000517. The summed E-state index contributed by atoms with van der Waals surface area (Å²) in [4.78, 5) is 27.8. The van der Waals surface area contributed by atoms with Gasteiger partial charge in [0.15, 0.2) is 0 Å². The molecule has 0 aromatic rings. The normalized spacial score (nSPS) is 6.05. The number of aliphatic imine (C=N–C) groups is 2. The van der Waals surface area contributed by atoms with Gasteiger partial charge in [0.1, 0.15) is 0 Å². The van der Waals surface area contributed by atoms with Crippen LogP contribution in [0, 0.1) is 0 Å². The predicted molar refractivity (Wildman–Crippen MR) is 68.9 cm³/mol. The van der Waals surface area contributed by atoms with E-state index >= 15 is 0 Å². The van der Waals surface area contributed by atoms with E-state index in [-0.39, 0.29) is 84.2 Å². The van der Waals surface area contributed by atoms with Gasteiger partial charge >= 0.3 is 11.9 Å². The van der Waals surface area contributed by atoms with Crippen molar-refractivity contribution in [3.8, 4) is 0 Å². The van der Waals surface area contributed by atoms with Crippen LogP contribution >= 0.6 is 0 Å². The third-order valence-electron chi connectivity index (χ3n) is 1.23. The average molecular weight is 417 g/mol. The second kappa shape index (κ2) is 42.7. The van der Waals surface area contributed by atoms with Gasteiger partial charge in [-0.05, 0) is 0 Å². The van der Waals surface area contributed by atoms with Crippen molar-refractivity contribution in [2.24, 2.45) is 9.98 Å². The molecule has 0 fully saturated rings. The molecule has 0 aromatic carbocycles. The second-order valence-electron chi connectivity index (χ2n) is 2.33. The molecule has 0 aliphatic rings. The zero-order valence-corrected chi connectivity index (χ0v) is 13.2. The number of hydrogen-bond donors (Lipinski definition) is 1. The van der Waals surface area contributed by atoms with Gasteiger partial charge in [-0.25, -0.2) is 9.98 Å².